The van der Waals surface area contributed by atoms with Crippen molar-refractivity contribution in [1.82, 2.24) is 14.3 Å². The van der Waals surface area contributed by atoms with E-state index in [-0.39, 0.29) is 11.5 Å². The molecule has 0 N–H and O–H groups in total. The molecule has 0 aliphatic carbocycles. The highest BCUT2D eigenvalue weighted by Gasteiger charge is 2.33. The van der Waals surface area contributed by atoms with Gasteiger partial charge in [-0.25, -0.2) is 4.98 Å². The Labute approximate surface area is 200 Å². The number of thiocarbonyl (C=S) groups is 1. The van der Waals surface area contributed by atoms with Crippen LogP contribution in [-0.2, 0) is 16.1 Å². The third-order valence-electron chi connectivity index (χ3n) is 5.71. The zero-order valence-corrected chi connectivity index (χ0v) is 19.7. The Kier molecular flexibility index (Phi) is 6.01. The van der Waals surface area contributed by atoms with Crippen LogP contribution in [0.2, 0.25) is 0 Å². The molecule has 1 amide bonds. The lowest BCUT2D eigenvalue weighted by molar-refractivity contribution is -0.122. The van der Waals surface area contributed by atoms with Gasteiger partial charge < -0.3 is 9.64 Å². The maximum atomic E-state index is 13.5. The van der Waals surface area contributed by atoms with Gasteiger partial charge in [0.2, 0.25) is 0 Å². The Hall–Kier alpha value is -3.01. The van der Waals surface area contributed by atoms with Crippen molar-refractivity contribution in [3.8, 4) is 0 Å². The third kappa shape index (κ3) is 4.19. The Morgan fingerprint density at radius 1 is 1.12 bits per heavy atom. The number of anilines is 1. The zero-order chi connectivity index (χ0) is 22.9. The van der Waals surface area contributed by atoms with Gasteiger partial charge in [0.15, 0.2) is 0 Å². The summed E-state index contributed by atoms with van der Waals surface area (Å²) in [5.41, 5.74) is 2.69. The highest BCUT2D eigenvalue weighted by atomic mass is 32.2. The van der Waals surface area contributed by atoms with E-state index >= 15 is 0 Å². The number of nitrogens with zero attached hydrogens (tertiary/aromatic N) is 4. The SMILES string of the molecule is Cc1cccn2c(=O)c(/C=C3/SC(=S)N(Cc4ccccc4)C3=O)c(N3CCOCC3)nc12. The zero-order valence-electron chi connectivity index (χ0n) is 18.1. The van der Waals surface area contributed by atoms with E-state index in [1.54, 1.807) is 17.2 Å². The minimum absolute atomic E-state index is 0.199. The predicted molar refractivity (Wildman–Crippen MR) is 134 cm³/mol. The largest absolute Gasteiger partial charge is 0.378 e. The van der Waals surface area contributed by atoms with Gasteiger partial charge in [-0.3, -0.25) is 18.9 Å². The third-order valence-corrected chi connectivity index (χ3v) is 7.09. The molecule has 2 aromatic heterocycles. The monoisotopic (exact) mass is 478 g/mol. The highest BCUT2D eigenvalue weighted by molar-refractivity contribution is 8.26. The molecule has 0 unspecified atom stereocenters. The number of morpholine rings is 1. The summed E-state index contributed by atoms with van der Waals surface area (Å²) in [5.74, 6) is 0.376. The Morgan fingerprint density at radius 2 is 1.88 bits per heavy atom. The van der Waals surface area contributed by atoms with E-state index in [2.05, 4.69) is 0 Å². The normalized spacial score (nSPS) is 18.0. The Bertz CT molecular complexity index is 1330. The number of ether oxygens (including phenoxy) is 1. The van der Waals surface area contributed by atoms with Crippen LogP contribution < -0.4 is 10.5 Å². The fourth-order valence-corrected chi connectivity index (χ4v) is 5.21. The molecule has 0 spiro atoms. The maximum Gasteiger partial charge on any atom is 0.267 e. The van der Waals surface area contributed by atoms with Gasteiger partial charge in [-0.15, -0.1) is 0 Å². The van der Waals surface area contributed by atoms with E-state index in [1.807, 2.05) is 54.3 Å². The van der Waals surface area contributed by atoms with Crippen LogP contribution in [-0.4, -0.2) is 50.8 Å². The lowest BCUT2D eigenvalue weighted by Crippen LogP contribution is -2.38. The fraction of sp³-hybridized carbons (Fsp3) is 0.250. The van der Waals surface area contributed by atoms with Gasteiger partial charge in [-0.05, 0) is 30.2 Å². The first-order chi connectivity index (χ1) is 16.0. The number of hydrogen-bond acceptors (Lipinski definition) is 7. The molecular formula is C24H22N4O3S2. The van der Waals surface area contributed by atoms with Crippen LogP contribution in [0.3, 0.4) is 0 Å². The van der Waals surface area contributed by atoms with Gasteiger partial charge >= 0.3 is 0 Å². The van der Waals surface area contributed by atoms with Crippen LogP contribution in [0, 0.1) is 6.92 Å². The number of rotatable bonds is 4. The van der Waals surface area contributed by atoms with Crippen LogP contribution in [0.25, 0.3) is 11.7 Å². The topological polar surface area (TPSA) is 67.2 Å². The average Bonchev–Trinajstić information content (AvgIpc) is 3.10. The first-order valence-electron chi connectivity index (χ1n) is 10.7. The summed E-state index contributed by atoms with van der Waals surface area (Å²) in [6, 6.07) is 13.5. The molecule has 2 aliphatic heterocycles. The summed E-state index contributed by atoms with van der Waals surface area (Å²) in [7, 11) is 0. The van der Waals surface area contributed by atoms with Gasteiger partial charge in [-0.2, -0.15) is 0 Å². The number of fused-ring (bicyclic) bond motifs is 1. The Balaban J connectivity index is 1.59. The molecule has 0 atom stereocenters. The number of carbonyl (C=O) groups excluding carboxylic acids is 1. The molecule has 2 fully saturated rings. The van der Waals surface area contributed by atoms with E-state index in [0.29, 0.717) is 59.1 Å². The van der Waals surface area contributed by atoms with E-state index < -0.39 is 0 Å². The number of aromatic nitrogens is 2. The molecule has 1 aromatic carbocycles. The van der Waals surface area contributed by atoms with Crippen LogP contribution in [0.5, 0.6) is 0 Å². The summed E-state index contributed by atoms with van der Waals surface area (Å²) in [5, 5.41) is 0. The van der Waals surface area contributed by atoms with Crippen molar-refractivity contribution in [1.29, 1.82) is 0 Å². The van der Waals surface area contributed by atoms with Crippen molar-refractivity contribution in [2.24, 2.45) is 0 Å². The number of amides is 1. The van der Waals surface area contributed by atoms with Crippen molar-refractivity contribution in [2.45, 2.75) is 13.5 Å². The summed E-state index contributed by atoms with van der Waals surface area (Å²) < 4.78 is 7.50. The maximum absolute atomic E-state index is 13.5. The number of benzene rings is 1. The van der Waals surface area contributed by atoms with Gasteiger partial charge in [0.05, 0.1) is 30.2 Å². The standard InChI is InChI=1S/C24H22N4O3S2/c1-16-6-5-9-27-20(16)25-21(26-10-12-31-13-11-26)18(22(27)29)14-19-23(30)28(24(32)33-19)15-17-7-3-2-4-8-17/h2-9,14H,10-13,15H2,1H3/b19-14+. The predicted octanol–water partition coefficient (Wildman–Crippen LogP) is 3.24. The smallest absolute Gasteiger partial charge is 0.267 e. The van der Waals surface area contributed by atoms with E-state index in [9.17, 15) is 9.59 Å². The van der Waals surface area contributed by atoms with Gasteiger partial charge in [0.25, 0.3) is 11.5 Å². The summed E-state index contributed by atoms with van der Waals surface area (Å²) in [4.78, 5) is 35.7. The molecule has 4 heterocycles. The molecule has 0 radical (unpaired) electrons. The van der Waals surface area contributed by atoms with E-state index in [0.717, 1.165) is 11.1 Å². The summed E-state index contributed by atoms with van der Waals surface area (Å²) in [6.45, 7) is 4.71. The van der Waals surface area contributed by atoms with E-state index in [1.165, 1.54) is 16.2 Å². The molecule has 7 nitrogen and oxygen atoms in total. The van der Waals surface area contributed by atoms with Crippen molar-refractivity contribution < 1.29 is 9.53 Å². The molecule has 168 valence electrons. The van der Waals surface area contributed by atoms with Crippen molar-refractivity contribution >= 4 is 51.7 Å². The second-order valence-corrected chi connectivity index (χ2v) is 9.57. The van der Waals surface area contributed by atoms with E-state index in [4.69, 9.17) is 21.9 Å². The van der Waals surface area contributed by atoms with Crippen LogP contribution >= 0.6 is 24.0 Å². The number of pyridine rings is 1. The molecule has 0 bridgehead atoms. The first kappa shape index (κ1) is 21.8. The lowest BCUT2D eigenvalue weighted by atomic mass is 10.2. The van der Waals surface area contributed by atoms with Crippen molar-refractivity contribution in [2.75, 3.05) is 31.2 Å². The van der Waals surface area contributed by atoms with Crippen LogP contribution in [0.4, 0.5) is 5.82 Å². The molecule has 9 heteroatoms. The molecule has 33 heavy (non-hydrogen) atoms. The average molecular weight is 479 g/mol. The highest BCUT2D eigenvalue weighted by Crippen LogP contribution is 2.34. The quantitative estimate of drug-likeness (QED) is 0.421. The first-order valence-corrected chi connectivity index (χ1v) is 11.9. The number of aryl methyl sites for hydroxylation is 1. The molecule has 3 aromatic rings. The van der Waals surface area contributed by atoms with Crippen molar-refractivity contribution in [3.63, 3.8) is 0 Å². The fourth-order valence-electron chi connectivity index (χ4n) is 3.98. The number of hydrogen-bond donors (Lipinski definition) is 0. The lowest BCUT2D eigenvalue weighted by Gasteiger charge is -2.29. The van der Waals surface area contributed by atoms with Crippen LogP contribution in [0.1, 0.15) is 16.7 Å². The minimum Gasteiger partial charge on any atom is -0.378 e. The van der Waals surface area contributed by atoms with Crippen molar-refractivity contribution in [3.05, 3.63) is 80.6 Å². The number of carbonyl (C=O) groups is 1. The minimum atomic E-state index is -0.210. The Morgan fingerprint density at radius 3 is 2.64 bits per heavy atom. The van der Waals surface area contributed by atoms with Gasteiger partial charge in [-0.1, -0.05) is 60.4 Å². The van der Waals surface area contributed by atoms with Crippen LogP contribution in [0.15, 0.2) is 58.4 Å². The molecular weight excluding hydrogens is 456 g/mol. The summed E-state index contributed by atoms with van der Waals surface area (Å²) in [6.07, 6.45) is 3.36. The number of thioether (sulfide) groups is 1. The molecule has 0 saturated carbocycles. The second kappa shape index (κ2) is 9.09. The summed E-state index contributed by atoms with van der Waals surface area (Å²) >= 11 is 6.71. The van der Waals surface area contributed by atoms with Gasteiger partial charge in [0.1, 0.15) is 15.8 Å². The second-order valence-electron chi connectivity index (χ2n) is 7.89. The molecule has 2 saturated heterocycles. The van der Waals surface area contributed by atoms with Gasteiger partial charge in [0, 0.05) is 19.3 Å². The molecule has 5 rings (SSSR count). The molecule has 2 aliphatic rings.